The predicted molar refractivity (Wildman–Crippen MR) is 53.7 cm³/mol. The first-order valence-corrected chi connectivity index (χ1v) is 6.21. The molecule has 0 aromatic heterocycles. The van der Waals surface area contributed by atoms with Crippen LogP contribution < -0.4 is 14.9 Å². The van der Waals surface area contributed by atoms with Crippen LogP contribution >= 0.6 is 0 Å². The number of hydrogen-bond donors (Lipinski definition) is 3. The van der Waals surface area contributed by atoms with Gasteiger partial charge >= 0.3 is 8.80 Å². The van der Waals surface area contributed by atoms with Crippen molar-refractivity contribution in [1.82, 2.24) is 14.9 Å². The Bertz CT molecular complexity index is 109. The maximum Gasteiger partial charge on any atom is 0.439 e. The lowest BCUT2D eigenvalue weighted by Crippen LogP contribution is -2.71. The number of hydrogen-bond acceptors (Lipinski definition) is 4. The minimum absolute atomic E-state index is 0.562. The molecule has 0 radical (unpaired) electrons. The standard InChI is InChI=1S/C7H21N3OSi/c1-7(2)6-11-12(8-3,9-4)10-5/h7-10H,6H2,1-5H3. The lowest BCUT2D eigenvalue weighted by molar-refractivity contribution is 0.237. The van der Waals surface area contributed by atoms with Gasteiger partial charge < -0.3 is 4.43 Å². The monoisotopic (exact) mass is 191 g/mol. The van der Waals surface area contributed by atoms with Crippen LogP contribution in [0.5, 0.6) is 0 Å². The average molecular weight is 191 g/mol. The van der Waals surface area contributed by atoms with Gasteiger partial charge in [-0.05, 0) is 27.1 Å². The van der Waals surface area contributed by atoms with Crippen molar-refractivity contribution in [2.45, 2.75) is 13.8 Å². The first-order chi connectivity index (χ1) is 5.60. The molecule has 0 aliphatic rings. The lowest BCUT2D eigenvalue weighted by atomic mass is 10.2. The Morgan fingerprint density at radius 3 is 1.75 bits per heavy atom. The Morgan fingerprint density at radius 1 is 1.08 bits per heavy atom. The second-order valence-corrected chi connectivity index (χ2v) is 6.29. The number of nitrogens with one attached hydrogen (secondary N) is 3. The molecule has 0 aliphatic heterocycles. The summed E-state index contributed by atoms with van der Waals surface area (Å²) in [6.45, 7) is 5.05. The Morgan fingerprint density at radius 2 is 1.50 bits per heavy atom. The van der Waals surface area contributed by atoms with Gasteiger partial charge in [0.15, 0.2) is 0 Å². The van der Waals surface area contributed by atoms with Gasteiger partial charge in [0.25, 0.3) is 0 Å². The molecule has 0 bridgehead atoms. The van der Waals surface area contributed by atoms with E-state index in [0.29, 0.717) is 5.92 Å². The third-order valence-corrected chi connectivity index (χ3v) is 4.40. The van der Waals surface area contributed by atoms with Gasteiger partial charge in [-0.15, -0.1) is 0 Å². The van der Waals surface area contributed by atoms with Gasteiger partial charge in [-0.25, -0.2) is 0 Å². The molecule has 0 fully saturated rings. The molecule has 0 amide bonds. The maximum absolute atomic E-state index is 5.74. The maximum atomic E-state index is 5.74. The summed E-state index contributed by atoms with van der Waals surface area (Å²) in [7, 11) is 3.68. The molecule has 0 aliphatic carbocycles. The van der Waals surface area contributed by atoms with Crippen LogP contribution in [0, 0.1) is 5.92 Å². The summed E-state index contributed by atoms with van der Waals surface area (Å²) in [4.78, 5) is 9.49. The lowest BCUT2D eigenvalue weighted by Gasteiger charge is -2.28. The highest BCUT2D eigenvalue weighted by Crippen LogP contribution is 1.96. The molecule has 12 heavy (non-hydrogen) atoms. The average Bonchev–Trinajstić information content (AvgIpc) is 2.08. The Labute approximate surface area is 76.4 Å². The van der Waals surface area contributed by atoms with E-state index in [1.165, 1.54) is 0 Å². The van der Waals surface area contributed by atoms with E-state index in [1.807, 2.05) is 21.1 Å². The quantitative estimate of drug-likeness (QED) is 0.507. The predicted octanol–water partition coefficient (Wildman–Crippen LogP) is -0.247. The molecule has 5 heteroatoms. The van der Waals surface area contributed by atoms with E-state index in [9.17, 15) is 0 Å². The van der Waals surface area contributed by atoms with Crippen molar-refractivity contribution in [2.75, 3.05) is 27.7 Å². The van der Waals surface area contributed by atoms with Crippen molar-refractivity contribution in [2.24, 2.45) is 5.92 Å². The Hall–Kier alpha value is 0.0569. The minimum atomic E-state index is -2.03. The summed E-state index contributed by atoms with van der Waals surface area (Å²) >= 11 is 0. The summed E-state index contributed by atoms with van der Waals surface area (Å²) in [5, 5.41) is 0. The van der Waals surface area contributed by atoms with Crippen LogP contribution in [-0.4, -0.2) is 36.6 Å². The third kappa shape index (κ3) is 3.64. The van der Waals surface area contributed by atoms with Crippen molar-refractivity contribution in [3.8, 4) is 0 Å². The SMILES string of the molecule is CN[Si](NC)(NC)OCC(C)C. The third-order valence-electron chi connectivity index (χ3n) is 1.69. The highest BCUT2D eigenvalue weighted by Gasteiger charge is 2.31. The van der Waals surface area contributed by atoms with E-state index >= 15 is 0 Å². The Kier molecular flexibility index (Phi) is 5.69. The molecule has 0 saturated carbocycles. The number of rotatable bonds is 6. The van der Waals surface area contributed by atoms with E-state index < -0.39 is 8.80 Å². The summed E-state index contributed by atoms with van der Waals surface area (Å²) in [5.74, 6) is 0.562. The van der Waals surface area contributed by atoms with Gasteiger partial charge in [0, 0.05) is 6.61 Å². The fourth-order valence-corrected chi connectivity index (χ4v) is 2.65. The molecule has 0 aromatic rings. The molecule has 0 rings (SSSR count). The largest absolute Gasteiger partial charge is 0.439 e. The van der Waals surface area contributed by atoms with Crippen LogP contribution in [0.1, 0.15) is 13.8 Å². The zero-order chi connectivity index (χ0) is 9.61. The fraction of sp³-hybridized carbons (Fsp3) is 1.00. The van der Waals surface area contributed by atoms with Crippen LogP contribution in [0.25, 0.3) is 0 Å². The summed E-state index contributed by atoms with van der Waals surface area (Å²) < 4.78 is 5.74. The highest BCUT2D eigenvalue weighted by atomic mass is 28.4. The van der Waals surface area contributed by atoms with Crippen molar-refractivity contribution in [1.29, 1.82) is 0 Å². The molecule has 0 aromatic carbocycles. The molecule has 74 valence electrons. The topological polar surface area (TPSA) is 45.3 Å². The fourth-order valence-electron chi connectivity index (χ4n) is 0.883. The molecule has 0 saturated heterocycles. The molecular weight excluding hydrogens is 170 g/mol. The van der Waals surface area contributed by atoms with Gasteiger partial charge in [0.1, 0.15) is 0 Å². The highest BCUT2D eigenvalue weighted by molar-refractivity contribution is 6.65. The first kappa shape index (κ1) is 12.1. The molecule has 0 atom stereocenters. The molecular formula is C7H21N3OSi. The van der Waals surface area contributed by atoms with Crippen molar-refractivity contribution < 1.29 is 4.43 Å². The van der Waals surface area contributed by atoms with Crippen molar-refractivity contribution >= 4 is 8.80 Å². The molecule has 3 N–H and O–H groups in total. The minimum Gasteiger partial charge on any atom is -0.380 e. The smallest absolute Gasteiger partial charge is 0.380 e. The molecule has 0 heterocycles. The zero-order valence-electron chi connectivity index (χ0n) is 8.69. The van der Waals surface area contributed by atoms with Gasteiger partial charge in [-0.1, -0.05) is 13.8 Å². The van der Waals surface area contributed by atoms with Crippen molar-refractivity contribution in [3.05, 3.63) is 0 Å². The molecule has 0 spiro atoms. The second kappa shape index (κ2) is 5.66. The summed E-state index contributed by atoms with van der Waals surface area (Å²) in [6.07, 6.45) is 0. The van der Waals surface area contributed by atoms with Crippen LogP contribution in [0.2, 0.25) is 0 Å². The summed E-state index contributed by atoms with van der Waals surface area (Å²) in [6, 6.07) is 0. The molecule has 4 nitrogen and oxygen atoms in total. The molecule has 0 unspecified atom stereocenters. The van der Waals surface area contributed by atoms with Gasteiger partial charge in [-0.2, -0.15) is 0 Å². The normalized spacial score (nSPS) is 12.5. The second-order valence-electron chi connectivity index (χ2n) is 3.14. The zero-order valence-corrected chi connectivity index (χ0v) is 9.69. The van der Waals surface area contributed by atoms with E-state index in [4.69, 9.17) is 4.43 Å². The van der Waals surface area contributed by atoms with Crippen LogP contribution in [-0.2, 0) is 4.43 Å². The van der Waals surface area contributed by atoms with Gasteiger partial charge in [0.2, 0.25) is 0 Å². The van der Waals surface area contributed by atoms with Crippen LogP contribution in [0.4, 0.5) is 0 Å². The van der Waals surface area contributed by atoms with Gasteiger partial charge in [-0.3, -0.25) is 14.9 Å². The van der Waals surface area contributed by atoms with E-state index in [1.54, 1.807) is 0 Å². The Balaban J connectivity index is 3.93. The van der Waals surface area contributed by atoms with Crippen molar-refractivity contribution in [3.63, 3.8) is 0 Å². The van der Waals surface area contributed by atoms with Crippen LogP contribution in [0.3, 0.4) is 0 Å². The van der Waals surface area contributed by atoms with E-state index in [2.05, 4.69) is 28.8 Å². The van der Waals surface area contributed by atoms with E-state index in [0.717, 1.165) is 6.61 Å². The van der Waals surface area contributed by atoms with Crippen LogP contribution in [0.15, 0.2) is 0 Å². The van der Waals surface area contributed by atoms with E-state index in [-0.39, 0.29) is 0 Å². The van der Waals surface area contributed by atoms with Gasteiger partial charge in [0.05, 0.1) is 0 Å². The first-order valence-electron chi connectivity index (χ1n) is 4.31. The summed E-state index contributed by atoms with van der Waals surface area (Å²) in [5.41, 5.74) is 0.